The molecule has 0 aliphatic carbocycles. The molecule has 0 aliphatic rings. The molecule has 14 heavy (non-hydrogen) atoms. The Morgan fingerprint density at radius 2 is 2.29 bits per heavy atom. The summed E-state index contributed by atoms with van der Waals surface area (Å²) in [6.45, 7) is 3.94. The molecule has 0 bridgehead atoms. The van der Waals surface area contributed by atoms with Gasteiger partial charge in [-0.2, -0.15) is 0 Å². The molecule has 6 nitrogen and oxygen atoms in total. The van der Waals surface area contributed by atoms with Gasteiger partial charge >= 0.3 is 5.97 Å². The van der Waals surface area contributed by atoms with E-state index in [9.17, 15) is 4.79 Å². The number of carboxylic acids is 1. The van der Waals surface area contributed by atoms with E-state index in [1.807, 2.05) is 13.8 Å². The summed E-state index contributed by atoms with van der Waals surface area (Å²) in [5.41, 5.74) is 0.655. The van der Waals surface area contributed by atoms with E-state index in [1.165, 1.54) is 6.07 Å². The summed E-state index contributed by atoms with van der Waals surface area (Å²) in [7, 11) is 0. The number of hydrogen-bond donors (Lipinski definition) is 2. The number of nitrogens with zero attached hydrogens (tertiary/aromatic N) is 3. The number of carbonyl (C=O) groups is 1. The highest BCUT2D eigenvalue weighted by atomic mass is 16.4. The zero-order valence-electron chi connectivity index (χ0n) is 7.85. The highest BCUT2D eigenvalue weighted by Gasteiger charge is 2.14. The summed E-state index contributed by atoms with van der Waals surface area (Å²) in [5, 5.41) is 19.3. The van der Waals surface area contributed by atoms with Crippen molar-refractivity contribution < 1.29 is 9.90 Å². The van der Waals surface area contributed by atoms with Gasteiger partial charge in [0.15, 0.2) is 11.5 Å². The topological polar surface area (TPSA) is 83.3 Å². The van der Waals surface area contributed by atoms with Crippen molar-refractivity contribution >= 4 is 11.6 Å². The molecule has 0 amide bonds. The van der Waals surface area contributed by atoms with Gasteiger partial charge in [-0.05, 0) is 0 Å². The molecule has 74 valence electrons. The van der Waals surface area contributed by atoms with Crippen LogP contribution in [-0.2, 0) is 0 Å². The van der Waals surface area contributed by atoms with Crippen LogP contribution in [0.3, 0.4) is 0 Å². The Kier molecular flexibility index (Phi) is 1.77. The molecular weight excluding hydrogens is 184 g/mol. The summed E-state index contributed by atoms with van der Waals surface area (Å²) in [5.74, 6) is -0.0667. The summed E-state index contributed by atoms with van der Waals surface area (Å²) >= 11 is 0. The van der Waals surface area contributed by atoms with Crippen LogP contribution in [0.5, 0.6) is 0 Å². The molecule has 0 atom stereocenters. The number of aromatic carboxylic acids is 1. The number of hydrogen-bond acceptors (Lipinski definition) is 3. The Morgan fingerprint density at radius 1 is 1.57 bits per heavy atom. The fourth-order valence-electron chi connectivity index (χ4n) is 1.28. The van der Waals surface area contributed by atoms with E-state index in [4.69, 9.17) is 5.11 Å². The van der Waals surface area contributed by atoms with Crippen molar-refractivity contribution in [3.05, 3.63) is 17.6 Å². The molecular formula is C8H10N4O2. The van der Waals surface area contributed by atoms with Crippen LogP contribution in [-0.4, -0.2) is 30.9 Å². The molecule has 0 radical (unpaired) electrons. The zero-order chi connectivity index (χ0) is 10.3. The first kappa shape index (κ1) is 8.74. The maximum Gasteiger partial charge on any atom is 0.353 e. The maximum atomic E-state index is 10.7. The quantitative estimate of drug-likeness (QED) is 0.743. The lowest BCUT2D eigenvalue weighted by Crippen LogP contribution is -2.01. The molecule has 0 fully saturated rings. The van der Waals surface area contributed by atoms with Crippen molar-refractivity contribution in [1.29, 1.82) is 0 Å². The predicted octanol–water partition coefficient (Wildman–Crippen LogP) is 0.879. The molecule has 2 N–H and O–H groups in total. The molecule has 6 heteroatoms. The summed E-state index contributed by atoms with van der Waals surface area (Å²) in [4.78, 5) is 10.7. The Labute approximate surface area is 79.6 Å². The largest absolute Gasteiger partial charge is 0.477 e. The van der Waals surface area contributed by atoms with Crippen LogP contribution >= 0.6 is 0 Å². The second-order valence-electron chi connectivity index (χ2n) is 3.38. The Morgan fingerprint density at radius 3 is 2.86 bits per heavy atom. The normalized spacial score (nSPS) is 11.4. The van der Waals surface area contributed by atoms with Gasteiger partial charge in [0.25, 0.3) is 0 Å². The van der Waals surface area contributed by atoms with Crippen molar-refractivity contribution in [2.24, 2.45) is 0 Å². The van der Waals surface area contributed by atoms with Crippen molar-refractivity contribution in [2.75, 3.05) is 0 Å². The minimum absolute atomic E-state index is 0.122. The average molecular weight is 194 g/mol. The average Bonchev–Trinajstić information content (AvgIpc) is 2.58. The number of nitrogens with one attached hydrogen (secondary N) is 1. The summed E-state index contributed by atoms with van der Waals surface area (Å²) in [6.07, 6.45) is 0. The van der Waals surface area contributed by atoms with Crippen LogP contribution in [0.1, 0.15) is 36.1 Å². The van der Waals surface area contributed by atoms with E-state index in [-0.39, 0.29) is 11.6 Å². The lowest BCUT2D eigenvalue weighted by molar-refractivity contribution is 0.0690. The third kappa shape index (κ3) is 1.15. The fourth-order valence-corrected chi connectivity index (χ4v) is 1.28. The molecule has 2 aromatic heterocycles. The van der Waals surface area contributed by atoms with Crippen LogP contribution < -0.4 is 0 Å². The van der Waals surface area contributed by atoms with E-state index < -0.39 is 5.97 Å². The van der Waals surface area contributed by atoms with Crippen LogP contribution in [0.2, 0.25) is 0 Å². The summed E-state index contributed by atoms with van der Waals surface area (Å²) in [6, 6.07) is 1.46. The van der Waals surface area contributed by atoms with Crippen molar-refractivity contribution in [3.63, 3.8) is 0 Å². The first-order valence-corrected chi connectivity index (χ1v) is 4.27. The number of rotatable bonds is 2. The molecule has 0 unspecified atom stereocenters. The van der Waals surface area contributed by atoms with Crippen LogP contribution in [0.15, 0.2) is 6.07 Å². The molecule has 0 saturated heterocycles. The highest BCUT2D eigenvalue weighted by molar-refractivity contribution is 5.86. The highest BCUT2D eigenvalue weighted by Crippen LogP contribution is 2.13. The zero-order valence-corrected chi connectivity index (χ0v) is 7.85. The smallest absolute Gasteiger partial charge is 0.353 e. The Balaban J connectivity index is 2.61. The van der Waals surface area contributed by atoms with Gasteiger partial charge < -0.3 is 5.11 Å². The Hall–Kier alpha value is -1.85. The Bertz CT molecular complexity index is 482. The van der Waals surface area contributed by atoms with E-state index in [0.717, 1.165) is 5.82 Å². The monoisotopic (exact) mass is 194 g/mol. The molecule has 2 rings (SSSR count). The minimum Gasteiger partial charge on any atom is -0.477 e. The predicted molar refractivity (Wildman–Crippen MR) is 48.4 cm³/mol. The van der Waals surface area contributed by atoms with Gasteiger partial charge in [-0.15, -0.1) is 10.2 Å². The van der Waals surface area contributed by atoms with Crippen LogP contribution in [0.25, 0.3) is 5.65 Å². The van der Waals surface area contributed by atoms with Crippen molar-refractivity contribution in [3.8, 4) is 0 Å². The molecule has 2 heterocycles. The number of aromatic amines is 1. The van der Waals surface area contributed by atoms with Crippen LogP contribution in [0.4, 0.5) is 0 Å². The first-order valence-electron chi connectivity index (χ1n) is 4.27. The van der Waals surface area contributed by atoms with Gasteiger partial charge in [-0.1, -0.05) is 13.8 Å². The van der Waals surface area contributed by atoms with Gasteiger partial charge in [-0.3, -0.25) is 5.10 Å². The standard InChI is InChI=1S/C8H10N4O2/c1-4(2)7-10-9-6-3-5(8(13)14)11-12(6)7/h3-4,11H,1-2H3,(H,13,14). The van der Waals surface area contributed by atoms with Gasteiger partial charge in [-0.25, -0.2) is 9.31 Å². The fraction of sp³-hybridized carbons (Fsp3) is 0.375. The van der Waals surface area contributed by atoms with Crippen molar-refractivity contribution in [2.45, 2.75) is 19.8 Å². The summed E-state index contributed by atoms with van der Waals surface area (Å²) < 4.78 is 1.59. The minimum atomic E-state index is -0.995. The molecule has 0 saturated carbocycles. The third-order valence-electron chi connectivity index (χ3n) is 1.97. The second kappa shape index (κ2) is 2.83. The lowest BCUT2D eigenvalue weighted by atomic mass is 10.2. The first-order chi connectivity index (χ1) is 6.59. The van der Waals surface area contributed by atoms with Gasteiger partial charge in [0.2, 0.25) is 0 Å². The number of H-pyrrole nitrogens is 1. The molecule has 2 aromatic rings. The maximum absolute atomic E-state index is 10.7. The number of carboxylic acid groups (broad SMARTS) is 1. The SMILES string of the molecule is CC(C)c1nnc2cc(C(=O)O)[nH]n12. The second-order valence-corrected chi connectivity index (χ2v) is 3.38. The van der Waals surface area contributed by atoms with E-state index >= 15 is 0 Å². The molecule has 0 aromatic carbocycles. The third-order valence-corrected chi connectivity index (χ3v) is 1.97. The van der Waals surface area contributed by atoms with E-state index in [2.05, 4.69) is 15.3 Å². The van der Waals surface area contributed by atoms with E-state index in [0.29, 0.717) is 5.65 Å². The molecule has 0 spiro atoms. The number of fused-ring (bicyclic) bond motifs is 1. The van der Waals surface area contributed by atoms with Gasteiger partial charge in [0.05, 0.1) is 0 Å². The lowest BCUT2D eigenvalue weighted by Gasteiger charge is -1.98. The van der Waals surface area contributed by atoms with Crippen molar-refractivity contribution in [1.82, 2.24) is 19.8 Å². The van der Waals surface area contributed by atoms with Gasteiger partial charge in [0.1, 0.15) is 5.69 Å². The van der Waals surface area contributed by atoms with Crippen LogP contribution in [0, 0.1) is 0 Å². The molecule has 0 aliphatic heterocycles. The van der Waals surface area contributed by atoms with Gasteiger partial charge in [0, 0.05) is 12.0 Å². The number of aromatic nitrogens is 4. The van der Waals surface area contributed by atoms with E-state index in [1.54, 1.807) is 4.52 Å².